The van der Waals surface area contributed by atoms with Crippen molar-refractivity contribution in [3.05, 3.63) is 58.8 Å². The summed E-state index contributed by atoms with van der Waals surface area (Å²) in [7, 11) is 0. The lowest BCUT2D eigenvalue weighted by molar-refractivity contribution is -0.166. The minimum atomic E-state index is -1.19. The van der Waals surface area contributed by atoms with Gasteiger partial charge in [-0.3, -0.25) is 0 Å². The van der Waals surface area contributed by atoms with E-state index in [-0.39, 0.29) is 0 Å². The molecule has 0 spiro atoms. The van der Waals surface area contributed by atoms with Crippen LogP contribution in [0.3, 0.4) is 0 Å². The van der Waals surface area contributed by atoms with Gasteiger partial charge in [-0.2, -0.15) is 0 Å². The molecule has 0 saturated heterocycles. The molecule has 0 radical (unpaired) electrons. The highest BCUT2D eigenvalue weighted by Gasteiger charge is 2.37. The second-order valence-corrected chi connectivity index (χ2v) is 8.31. The Morgan fingerprint density at radius 2 is 2.00 bits per heavy atom. The van der Waals surface area contributed by atoms with Crippen molar-refractivity contribution in [2.45, 2.75) is 52.1 Å². The molecule has 1 aromatic carbocycles. The Labute approximate surface area is 186 Å². The van der Waals surface area contributed by atoms with Gasteiger partial charge in [0.1, 0.15) is 11.5 Å². The largest absolute Gasteiger partial charge is 0.494 e. The van der Waals surface area contributed by atoms with Crippen LogP contribution in [-0.4, -0.2) is 34.9 Å². The number of aliphatic carboxylic acids is 1. The number of benzene rings is 1. The zero-order valence-electron chi connectivity index (χ0n) is 18.2. The number of aromatic nitrogens is 1. The van der Waals surface area contributed by atoms with Crippen LogP contribution in [0.5, 0.6) is 5.75 Å². The zero-order valence-corrected chi connectivity index (χ0v) is 19.0. The van der Waals surface area contributed by atoms with E-state index in [4.69, 9.17) is 13.9 Å². The van der Waals surface area contributed by atoms with Crippen LogP contribution in [0.1, 0.15) is 43.7 Å². The molecule has 0 amide bonds. The summed E-state index contributed by atoms with van der Waals surface area (Å²) in [4.78, 5) is 17.4. The summed E-state index contributed by atoms with van der Waals surface area (Å²) in [5, 5.41) is 11.6. The van der Waals surface area contributed by atoms with Crippen molar-refractivity contribution in [2.24, 2.45) is 0 Å². The van der Waals surface area contributed by atoms with Crippen molar-refractivity contribution in [2.75, 3.05) is 13.2 Å². The van der Waals surface area contributed by atoms with E-state index in [1.165, 1.54) is 0 Å². The van der Waals surface area contributed by atoms with Crippen LogP contribution in [0.4, 0.5) is 0 Å². The molecule has 0 aliphatic heterocycles. The topological polar surface area (TPSA) is 81.8 Å². The fraction of sp³-hybridized carbons (Fsp3) is 0.417. The average molecular weight is 444 g/mol. The molecular formula is C24H29NO5S. The summed E-state index contributed by atoms with van der Waals surface area (Å²) in [6.07, 6.45) is 2.33. The Bertz CT molecular complexity index is 965. The molecule has 1 atom stereocenters. The molecule has 2 heterocycles. The summed E-state index contributed by atoms with van der Waals surface area (Å²) in [6, 6.07) is 11.5. The van der Waals surface area contributed by atoms with Crippen LogP contribution < -0.4 is 4.74 Å². The van der Waals surface area contributed by atoms with E-state index in [2.05, 4.69) is 4.98 Å². The molecule has 6 nitrogen and oxygen atoms in total. The number of hydrogen-bond donors (Lipinski definition) is 1. The third-order valence-corrected chi connectivity index (χ3v) is 6.10. The third-order valence-electron chi connectivity index (χ3n) is 5.25. The lowest BCUT2D eigenvalue weighted by Gasteiger charge is -2.28. The fourth-order valence-electron chi connectivity index (χ4n) is 3.47. The summed E-state index contributed by atoms with van der Waals surface area (Å²) < 4.78 is 17.2. The molecular weight excluding hydrogens is 414 g/mol. The Hall–Kier alpha value is -2.64. The highest BCUT2D eigenvalue weighted by Crippen LogP contribution is 2.27. The predicted octanol–water partition coefficient (Wildman–Crippen LogP) is 5.54. The van der Waals surface area contributed by atoms with Crippen molar-refractivity contribution in [3.8, 4) is 16.5 Å². The predicted molar refractivity (Wildman–Crippen MR) is 121 cm³/mol. The van der Waals surface area contributed by atoms with Gasteiger partial charge in [-0.25, -0.2) is 9.78 Å². The van der Waals surface area contributed by atoms with Crippen molar-refractivity contribution >= 4 is 17.3 Å². The molecule has 7 heteroatoms. The quantitative estimate of drug-likeness (QED) is 0.370. The van der Waals surface area contributed by atoms with Gasteiger partial charge in [0.15, 0.2) is 5.60 Å². The third kappa shape index (κ3) is 5.74. The molecule has 2 aromatic heterocycles. The molecule has 166 valence electrons. The van der Waals surface area contributed by atoms with E-state index in [0.717, 1.165) is 40.5 Å². The first-order valence-electron chi connectivity index (χ1n) is 10.6. The number of thiophene rings is 1. The SMILES string of the molecule is CCO[C@@](CC)(Cc1ccc(OCCCc2nc(-c3cccs3)oc2C)cc1)C(=O)O. The summed E-state index contributed by atoms with van der Waals surface area (Å²) in [5.41, 5.74) is 0.682. The maximum atomic E-state index is 11.7. The van der Waals surface area contributed by atoms with Crippen LogP contribution in [0, 0.1) is 6.92 Å². The monoisotopic (exact) mass is 443 g/mol. The highest BCUT2D eigenvalue weighted by atomic mass is 32.1. The van der Waals surface area contributed by atoms with Gasteiger partial charge in [0.05, 0.1) is 17.2 Å². The van der Waals surface area contributed by atoms with E-state index in [1.807, 2.05) is 62.5 Å². The smallest absolute Gasteiger partial charge is 0.336 e. The lowest BCUT2D eigenvalue weighted by Crippen LogP contribution is -2.43. The normalized spacial score (nSPS) is 13.1. The van der Waals surface area contributed by atoms with E-state index >= 15 is 0 Å². The number of nitrogens with zero attached hydrogens (tertiary/aromatic N) is 1. The first-order chi connectivity index (χ1) is 15.0. The number of carbonyl (C=O) groups is 1. The number of hydrogen-bond acceptors (Lipinski definition) is 6. The van der Waals surface area contributed by atoms with E-state index in [9.17, 15) is 9.90 Å². The number of ether oxygens (including phenoxy) is 2. The Balaban J connectivity index is 1.50. The van der Waals surface area contributed by atoms with E-state index in [1.54, 1.807) is 11.3 Å². The van der Waals surface area contributed by atoms with Crippen molar-refractivity contribution in [3.63, 3.8) is 0 Å². The molecule has 1 N–H and O–H groups in total. The molecule has 3 rings (SSSR count). The summed E-state index contributed by atoms with van der Waals surface area (Å²) in [6.45, 7) is 6.51. The van der Waals surface area contributed by atoms with Crippen LogP contribution >= 0.6 is 11.3 Å². The molecule has 0 aliphatic carbocycles. The molecule has 31 heavy (non-hydrogen) atoms. The van der Waals surface area contributed by atoms with Gasteiger partial charge in [-0.15, -0.1) is 11.3 Å². The maximum Gasteiger partial charge on any atom is 0.336 e. The van der Waals surface area contributed by atoms with E-state index in [0.29, 0.717) is 31.9 Å². The molecule has 3 aromatic rings. The van der Waals surface area contributed by atoms with Gasteiger partial charge in [-0.05, 0) is 62.3 Å². The van der Waals surface area contributed by atoms with Crippen LogP contribution in [-0.2, 0) is 22.4 Å². The number of carboxylic acids is 1. The second kappa shape index (κ2) is 10.6. The minimum absolute atomic E-state index is 0.324. The fourth-order valence-corrected chi connectivity index (χ4v) is 4.12. The first kappa shape index (κ1) is 23.0. The Kier molecular flexibility index (Phi) is 7.87. The first-order valence-corrected chi connectivity index (χ1v) is 11.4. The number of oxazole rings is 1. The number of aryl methyl sites for hydroxylation is 2. The average Bonchev–Trinajstić information content (AvgIpc) is 3.42. The number of rotatable bonds is 12. The summed E-state index contributed by atoms with van der Waals surface area (Å²) in [5.74, 6) is 1.35. The van der Waals surface area contributed by atoms with Gasteiger partial charge in [0, 0.05) is 13.0 Å². The van der Waals surface area contributed by atoms with Crippen LogP contribution in [0.15, 0.2) is 46.2 Å². The standard InChI is InChI=1S/C24H29NO5S/c1-4-24(23(26)27,29-5-2)16-18-10-12-19(13-11-18)28-14-6-8-20-17(3)30-22(25-20)21-9-7-15-31-21/h7,9-13,15H,4-6,8,14,16H2,1-3H3,(H,26,27)/t24-/m0/s1. The van der Waals surface area contributed by atoms with Crippen molar-refractivity contribution in [1.29, 1.82) is 0 Å². The van der Waals surface area contributed by atoms with Gasteiger partial charge >= 0.3 is 5.97 Å². The molecule has 0 fully saturated rings. The maximum absolute atomic E-state index is 11.7. The number of carboxylic acid groups (broad SMARTS) is 1. The van der Waals surface area contributed by atoms with Crippen LogP contribution in [0.25, 0.3) is 10.8 Å². The van der Waals surface area contributed by atoms with Gasteiger partial charge in [-0.1, -0.05) is 25.1 Å². The van der Waals surface area contributed by atoms with Crippen LogP contribution in [0.2, 0.25) is 0 Å². The van der Waals surface area contributed by atoms with Crippen molar-refractivity contribution < 1.29 is 23.8 Å². The zero-order chi connectivity index (χ0) is 22.3. The van der Waals surface area contributed by atoms with Gasteiger partial charge in [0.2, 0.25) is 5.89 Å². The van der Waals surface area contributed by atoms with Gasteiger partial charge < -0.3 is 19.0 Å². The minimum Gasteiger partial charge on any atom is -0.494 e. The summed E-state index contributed by atoms with van der Waals surface area (Å²) >= 11 is 1.61. The molecule has 0 unspecified atom stereocenters. The second-order valence-electron chi connectivity index (χ2n) is 7.36. The van der Waals surface area contributed by atoms with E-state index < -0.39 is 11.6 Å². The molecule has 0 saturated carbocycles. The lowest BCUT2D eigenvalue weighted by atomic mass is 9.91. The van der Waals surface area contributed by atoms with Gasteiger partial charge in [0.25, 0.3) is 0 Å². The van der Waals surface area contributed by atoms with Crippen molar-refractivity contribution in [1.82, 2.24) is 4.98 Å². The Morgan fingerprint density at radius 3 is 2.61 bits per heavy atom. The highest BCUT2D eigenvalue weighted by molar-refractivity contribution is 7.13. The molecule has 0 aliphatic rings. The Morgan fingerprint density at radius 1 is 1.23 bits per heavy atom. The molecule has 0 bridgehead atoms.